The molecule has 1 aromatic carbocycles. The zero-order chi connectivity index (χ0) is 15.2. The lowest BCUT2D eigenvalue weighted by Crippen LogP contribution is -2.31. The van der Waals surface area contributed by atoms with Gasteiger partial charge in [-0.2, -0.15) is 4.31 Å². The van der Waals surface area contributed by atoms with Crippen LogP contribution in [0.3, 0.4) is 0 Å². The van der Waals surface area contributed by atoms with Gasteiger partial charge < -0.3 is 4.57 Å². The molecule has 0 saturated carbocycles. The number of nitro benzene ring substituents is 1. The fraction of sp³-hybridized carbons (Fsp3) is 0.417. The fourth-order valence-electron chi connectivity index (χ4n) is 2.58. The molecule has 1 aromatic heterocycles. The Bertz CT molecular complexity index is 827. The first-order chi connectivity index (χ1) is 9.95. The first-order valence-electron chi connectivity index (χ1n) is 6.60. The first kappa shape index (κ1) is 14.0. The maximum Gasteiger partial charge on any atom is 0.277 e. The van der Waals surface area contributed by atoms with Crippen LogP contribution in [-0.2, 0) is 16.6 Å². The number of nitro groups is 1. The number of benzene rings is 1. The minimum Gasteiger partial charge on any atom is -0.313 e. The predicted octanol–water partition coefficient (Wildman–Crippen LogP) is 1.36. The molecule has 0 saturated heterocycles. The third-order valence-corrected chi connectivity index (χ3v) is 5.51. The fourth-order valence-corrected chi connectivity index (χ4v) is 4.21. The molecular weight excluding hydrogens is 296 g/mol. The van der Waals surface area contributed by atoms with Crippen LogP contribution in [0.15, 0.2) is 23.4 Å². The molecule has 3 rings (SSSR count). The van der Waals surface area contributed by atoms with Crippen LogP contribution in [0.5, 0.6) is 0 Å². The summed E-state index contributed by atoms with van der Waals surface area (Å²) in [6, 6.07) is 4.20. The number of fused-ring (bicyclic) bond motifs is 3. The van der Waals surface area contributed by atoms with Crippen LogP contribution in [0.25, 0.3) is 11.0 Å². The number of aryl methyl sites for hydroxylation is 1. The quantitative estimate of drug-likeness (QED) is 0.616. The lowest BCUT2D eigenvalue weighted by Gasteiger charge is -2.15. The first-order valence-corrected chi connectivity index (χ1v) is 8.04. The Labute approximate surface area is 121 Å². The highest BCUT2D eigenvalue weighted by molar-refractivity contribution is 7.89. The molecule has 0 bridgehead atoms. The van der Waals surface area contributed by atoms with Gasteiger partial charge in [0.15, 0.2) is 0 Å². The molecule has 2 heterocycles. The van der Waals surface area contributed by atoms with E-state index in [9.17, 15) is 18.5 Å². The molecular formula is C12H14N4O4S. The Morgan fingerprint density at radius 3 is 2.81 bits per heavy atom. The monoisotopic (exact) mass is 310 g/mol. The minimum absolute atomic E-state index is 0.0302. The molecule has 0 spiro atoms. The summed E-state index contributed by atoms with van der Waals surface area (Å²) in [4.78, 5) is 14.6. The Balaban J connectivity index is 2.28. The van der Waals surface area contributed by atoms with Gasteiger partial charge in [0.25, 0.3) is 15.7 Å². The summed E-state index contributed by atoms with van der Waals surface area (Å²) in [6.07, 6.45) is 0.647. The number of imidazole rings is 1. The summed E-state index contributed by atoms with van der Waals surface area (Å²) >= 11 is 0. The van der Waals surface area contributed by atoms with Crippen molar-refractivity contribution < 1.29 is 13.3 Å². The molecule has 0 N–H and O–H groups in total. The van der Waals surface area contributed by atoms with Crippen LogP contribution in [0.2, 0.25) is 0 Å². The van der Waals surface area contributed by atoms with Crippen molar-refractivity contribution in [1.29, 1.82) is 0 Å². The summed E-state index contributed by atoms with van der Waals surface area (Å²) in [5, 5.41) is 10.8. The van der Waals surface area contributed by atoms with Crippen LogP contribution >= 0.6 is 0 Å². The van der Waals surface area contributed by atoms with E-state index in [-0.39, 0.29) is 10.8 Å². The average molecular weight is 310 g/mol. The molecule has 0 amide bonds. The summed E-state index contributed by atoms with van der Waals surface area (Å²) in [5.41, 5.74) is 0.872. The molecule has 2 aromatic rings. The molecule has 0 unspecified atom stereocenters. The Morgan fingerprint density at radius 1 is 1.38 bits per heavy atom. The largest absolute Gasteiger partial charge is 0.313 e. The number of non-ortho nitro benzene ring substituents is 1. The molecule has 0 radical (unpaired) electrons. The third kappa shape index (κ3) is 2.09. The Morgan fingerprint density at radius 2 is 2.14 bits per heavy atom. The highest BCUT2D eigenvalue weighted by atomic mass is 32.2. The number of aromatic nitrogens is 2. The molecule has 21 heavy (non-hydrogen) atoms. The van der Waals surface area contributed by atoms with E-state index in [2.05, 4.69) is 4.98 Å². The minimum atomic E-state index is -3.65. The van der Waals surface area contributed by atoms with Crippen molar-refractivity contribution in [3.8, 4) is 0 Å². The van der Waals surface area contributed by atoms with Crippen LogP contribution in [0, 0.1) is 10.1 Å². The predicted molar refractivity (Wildman–Crippen MR) is 75.4 cm³/mol. The van der Waals surface area contributed by atoms with E-state index in [1.165, 1.54) is 22.5 Å². The van der Waals surface area contributed by atoms with Crippen molar-refractivity contribution in [3.63, 3.8) is 0 Å². The van der Waals surface area contributed by atoms with Crippen LogP contribution < -0.4 is 0 Å². The smallest absolute Gasteiger partial charge is 0.277 e. The summed E-state index contributed by atoms with van der Waals surface area (Å²) in [5.74, 6) is 0. The standard InChI is InChI=1S/C12H14N4O4S/c1-2-14-6-3-7-15-11-8-9(16(17)18)4-5-10(11)13-12(15)21(14,19)20/h4-5,8H,2-3,6-7H2,1H3. The summed E-state index contributed by atoms with van der Waals surface area (Å²) < 4.78 is 28.0. The number of hydrogen-bond acceptors (Lipinski definition) is 5. The van der Waals surface area contributed by atoms with Gasteiger partial charge in [-0.15, -0.1) is 0 Å². The van der Waals surface area contributed by atoms with Crippen LogP contribution in [0.4, 0.5) is 5.69 Å². The second kappa shape index (κ2) is 4.78. The number of rotatable bonds is 2. The van der Waals surface area contributed by atoms with Gasteiger partial charge in [0.1, 0.15) is 0 Å². The van der Waals surface area contributed by atoms with Crippen molar-refractivity contribution >= 4 is 26.7 Å². The topological polar surface area (TPSA) is 98.3 Å². The molecule has 112 valence electrons. The van der Waals surface area contributed by atoms with Crippen molar-refractivity contribution in [2.45, 2.75) is 25.0 Å². The summed E-state index contributed by atoms with van der Waals surface area (Å²) in [7, 11) is -3.65. The van der Waals surface area contributed by atoms with E-state index < -0.39 is 14.9 Å². The molecule has 1 aliphatic rings. The van der Waals surface area contributed by atoms with Gasteiger partial charge in [0.2, 0.25) is 5.16 Å². The number of nitrogens with zero attached hydrogens (tertiary/aromatic N) is 4. The van der Waals surface area contributed by atoms with Gasteiger partial charge in [0.05, 0.1) is 16.0 Å². The van der Waals surface area contributed by atoms with Crippen LogP contribution in [-0.4, -0.2) is 40.3 Å². The molecule has 0 atom stereocenters. The molecule has 0 aliphatic carbocycles. The van der Waals surface area contributed by atoms with Gasteiger partial charge in [-0.25, -0.2) is 13.4 Å². The second-order valence-corrected chi connectivity index (χ2v) is 6.66. The molecule has 0 fully saturated rings. The van der Waals surface area contributed by atoms with Crippen molar-refractivity contribution in [2.75, 3.05) is 13.1 Å². The van der Waals surface area contributed by atoms with E-state index in [4.69, 9.17) is 0 Å². The van der Waals surface area contributed by atoms with Gasteiger partial charge >= 0.3 is 0 Å². The van der Waals surface area contributed by atoms with E-state index in [1.807, 2.05) is 0 Å². The van der Waals surface area contributed by atoms with Crippen molar-refractivity contribution in [2.24, 2.45) is 0 Å². The lowest BCUT2D eigenvalue weighted by molar-refractivity contribution is -0.384. The summed E-state index contributed by atoms with van der Waals surface area (Å²) in [6.45, 7) is 3.06. The van der Waals surface area contributed by atoms with E-state index in [0.717, 1.165) is 0 Å². The molecule has 8 nitrogen and oxygen atoms in total. The SMILES string of the molecule is CCN1CCCn2c(nc3ccc([N+](=O)[O-])cc32)S1(=O)=O. The van der Waals surface area contributed by atoms with Gasteiger partial charge in [-0.1, -0.05) is 6.92 Å². The maximum atomic E-state index is 12.6. The Hall–Kier alpha value is -2.00. The molecule has 1 aliphatic heterocycles. The van der Waals surface area contributed by atoms with Gasteiger partial charge in [-0.3, -0.25) is 10.1 Å². The van der Waals surface area contributed by atoms with E-state index in [0.29, 0.717) is 37.1 Å². The number of sulfonamides is 1. The van der Waals surface area contributed by atoms with Crippen molar-refractivity contribution in [3.05, 3.63) is 28.3 Å². The second-order valence-electron chi connectivity index (χ2n) is 4.83. The highest BCUT2D eigenvalue weighted by Gasteiger charge is 2.32. The zero-order valence-electron chi connectivity index (χ0n) is 11.4. The van der Waals surface area contributed by atoms with Crippen LogP contribution in [0.1, 0.15) is 13.3 Å². The number of hydrogen-bond donors (Lipinski definition) is 0. The van der Waals surface area contributed by atoms with Gasteiger partial charge in [0, 0.05) is 31.8 Å². The molecule has 9 heteroatoms. The van der Waals surface area contributed by atoms with Crippen molar-refractivity contribution in [1.82, 2.24) is 13.9 Å². The van der Waals surface area contributed by atoms with E-state index >= 15 is 0 Å². The Kier molecular flexibility index (Phi) is 3.18. The van der Waals surface area contributed by atoms with Gasteiger partial charge in [-0.05, 0) is 12.5 Å². The third-order valence-electron chi connectivity index (χ3n) is 3.62. The highest BCUT2D eigenvalue weighted by Crippen LogP contribution is 2.28. The maximum absolute atomic E-state index is 12.6. The average Bonchev–Trinajstić information content (AvgIpc) is 2.76. The van der Waals surface area contributed by atoms with E-state index in [1.54, 1.807) is 11.5 Å². The lowest BCUT2D eigenvalue weighted by atomic mass is 10.2. The normalized spacial score (nSPS) is 18.3. The zero-order valence-corrected chi connectivity index (χ0v) is 12.2.